The molecular weight excluding hydrogens is 254 g/mol. The average Bonchev–Trinajstić information content (AvgIpc) is 2.39. The van der Waals surface area contributed by atoms with Crippen LogP contribution < -0.4 is 5.32 Å². The summed E-state index contributed by atoms with van der Waals surface area (Å²) in [6, 6.07) is 0. The highest BCUT2D eigenvalue weighted by atomic mass is 16.5. The number of carbonyl (C=O) groups excluding carboxylic acids is 2. The van der Waals surface area contributed by atoms with E-state index < -0.39 is 6.10 Å². The first-order valence-corrected chi connectivity index (χ1v) is 6.89. The lowest BCUT2D eigenvalue weighted by molar-refractivity contribution is -0.141. The highest BCUT2D eigenvalue weighted by Gasteiger charge is 2.28. The summed E-state index contributed by atoms with van der Waals surface area (Å²) in [5, 5.41) is 2.30. The Morgan fingerprint density at radius 1 is 1.40 bits per heavy atom. The minimum Gasteiger partial charge on any atom is -0.485 e. The molecule has 1 aliphatic heterocycles. The second kappa shape index (κ2) is 7.08. The topological polar surface area (TPSA) is 55.4 Å². The molecule has 1 saturated heterocycles. The fraction of sp³-hybridized carbons (Fsp3) is 0.500. The van der Waals surface area contributed by atoms with Crippen molar-refractivity contribution in [3.8, 4) is 0 Å². The standard InChI is InChI=1S/C16H23NO3/c1-6-13(9-11(4)12(5)10(2)3)20-14-7-8-15(18)17-16(14)19/h9,14H,2,6-8H2,1,3-5H3,(H,17,18,19)/b12-11-,13-9+. The van der Waals surface area contributed by atoms with Crippen LogP contribution in [0.25, 0.3) is 0 Å². The van der Waals surface area contributed by atoms with Crippen LogP contribution in [-0.2, 0) is 14.3 Å². The number of ether oxygens (including phenoxy) is 1. The van der Waals surface area contributed by atoms with Crippen LogP contribution in [0.15, 0.2) is 35.1 Å². The van der Waals surface area contributed by atoms with Gasteiger partial charge in [0.05, 0.1) is 5.76 Å². The zero-order valence-electron chi connectivity index (χ0n) is 12.7. The van der Waals surface area contributed by atoms with Crippen molar-refractivity contribution in [2.75, 3.05) is 0 Å². The van der Waals surface area contributed by atoms with E-state index in [-0.39, 0.29) is 11.8 Å². The molecule has 1 heterocycles. The van der Waals surface area contributed by atoms with Crippen LogP contribution in [0.3, 0.4) is 0 Å². The van der Waals surface area contributed by atoms with Gasteiger partial charge in [0.15, 0.2) is 6.10 Å². The van der Waals surface area contributed by atoms with Crippen LogP contribution in [0.4, 0.5) is 0 Å². The molecule has 0 saturated carbocycles. The molecule has 1 aliphatic rings. The third-order valence-electron chi connectivity index (χ3n) is 3.44. The number of nitrogens with one attached hydrogen (secondary N) is 1. The van der Waals surface area contributed by atoms with Gasteiger partial charge in [-0.3, -0.25) is 14.9 Å². The predicted octanol–water partition coefficient (Wildman–Crippen LogP) is 3.01. The number of carbonyl (C=O) groups is 2. The van der Waals surface area contributed by atoms with Crippen LogP contribution >= 0.6 is 0 Å². The van der Waals surface area contributed by atoms with E-state index in [1.165, 1.54) is 0 Å². The third kappa shape index (κ3) is 4.37. The molecule has 0 radical (unpaired) electrons. The molecule has 20 heavy (non-hydrogen) atoms. The molecule has 0 aliphatic carbocycles. The molecular formula is C16H23NO3. The second-order valence-electron chi connectivity index (χ2n) is 5.11. The van der Waals surface area contributed by atoms with E-state index in [1.807, 2.05) is 33.8 Å². The maximum Gasteiger partial charge on any atom is 0.267 e. The first kappa shape index (κ1) is 16.2. The van der Waals surface area contributed by atoms with Crippen molar-refractivity contribution < 1.29 is 14.3 Å². The average molecular weight is 277 g/mol. The van der Waals surface area contributed by atoms with Crippen LogP contribution in [-0.4, -0.2) is 17.9 Å². The van der Waals surface area contributed by atoms with E-state index in [0.29, 0.717) is 19.3 Å². The van der Waals surface area contributed by atoms with Crippen molar-refractivity contribution in [2.24, 2.45) is 0 Å². The van der Waals surface area contributed by atoms with E-state index in [9.17, 15) is 9.59 Å². The van der Waals surface area contributed by atoms with Crippen LogP contribution in [0, 0.1) is 0 Å². The molecule has 0 aromatic carbocycles. The van der Waals surface area contributed by atoms with Crippen molar-refractivity contribution >= 4 is 11.8 Å². The van der Waals surface area contributed by atoms with Crippen molar-refractivity contribution in [2.45, 2.75) is 53.1 Å². The van der Waals surface area contributed by atoms with E-state index in [2.05, 4.69) is 11.9 Å². The summed E-state index contributed by atoms with van der Waals surface area (Å²) in [6.07, 6.45) is 2.82. The normalized spacial score (nSPS) is 21.2. The molecule has 1 fully saturated rings. The molecule has 0 bridgehead atoms. The van der Waals surface area contributed by atoms with Gasteiger partial charge in [-0.2, -0.15) is 0 Å². The summed E-state index contributed by atoms with van der Waals surface area (Å²) < 4.78 is 5.73. The van der Waals surface area contributed by atoms with Crippen molar-refractivity contribution in [1.29, 1.82) is 0 Å². The molecule has 1 rings (SSSR count). The van der Waals surface area contributed by atoms with Gasteiger partial charge in [-0.15, -0.1) is 0 Å². The van der Waals surface area contributed by atoms with Gasteiger partial charge in [-0.05, 0) is 38.0 Å². The SMILES string of the molecule is C=C(C)/C(C)=C(C)\C=C(/CC)OC1CCC(=O)NC1=O. The van der Waals surface area contributed by atoms with Gasteiger partial charge in [0.1, 0.15) is 0 Å². The van der Waals surface area contributed by atoms with Crippen molar-refractivity contribution in [3.63, 3.8) is 0 Å². The highest BCUT2D eigenvalue weighted by molar-refractivity contribution is 5.99. The quantitative estimate of drug-likeness (QED) is 0.477. The number of rotatable bonds is 5. The largest absolute Gasteiger partial charge is 0.485 e. The Morgan fingerprint density at radius 2 is 2.05 bits per heavy atom. The fourth-order valence-corrected chi connectivity index (χ4v) is 1.87. The van der Waals surface area contributed by atoms with Gasteiger partial charge in [0, 0.05) is 19.3 Å². The van der Waals surface area contributed by atoms with Crippen LogP contribution in [0.1, 0.15) is 47.0 Å². The molecule has 0 aromatic heterocycles. The minimum absolute atomic E-state index is 0.230. The number of hydrogen-bond acceptors (Lipinski definition) is 3. The summed E-state index contributed by atoms with van der Waals surface area (Å²) in [6.45, 7) is 11.8. The zero-order valence-corrected chi connectivity index (χ0v) is 12.7. The van der Waals surface area contributed by atoms with Crippen molar-refractivity contribution in [1.82, 2.24) is 5.32 Å². The number of amides is 2. The summed E-state index contributed by atoms with van der Waals surface area (Å²) in [7, 11) is 0. The number of imide groups is 1. The monoisotopic (exact) mass is 277 g/mol. The first-order valence-electron chi connectivity index (χ1n) is 6.89. The Morgan fingerprint density at radius 3 is 2.55 bits per heavy atom. The Balaban J connectivity index is 2.82. The van der Waals surface area contributed by atoms with E-state index in [1.54, 1.807) is 0 Å². The number of allylic oxidation sites excluding steroid dienone is 5. The van der Waals surface area contributed by atoms with E-state index in [4.69, 9.17) is 4.74 Å². The molecule has 1 atom stereocenters. The Hall–Kier alpha value is -1.84. The summed E-state index contributed by atoms with van der Waals surface area (Å²) in [5.41, 5.74) is 3.19. The van der Waals surface area contributed by atoms with Gasteiger partial charge in [-0.1, -0.05) is 19.1 Å². The number of piperidine rings is 1. The maximum atomic E-state index is 11.7. The van der Waals surface area contributed by atoms with Gasteiger partial charge in [-0.25, -0.2) is 0 Å². The summed E-state index contributed by atoms with van der Waals surface area (Å²) >= 11 is 0. The van der Waals surface area contributed by atoms with Gasteiger partial charge in [0.2, 0.25) is 5.91 Å². The highest BCUT2D eigenvalue weighted by Crippen LogP contribution is 2.19. The predicted molar refractivity (Wildman–Crippen MR) is 78.8 cm³/mol. The van der Waals surface area contributed by atoms with E-state index in [0.717, 1.165) is 22.5 Å². The lowest BCUT2D eigenvalue weighted by Gasteiger charge is -2.23. The zero-order chi connectivity index (χ0) is 15.3. The van der Waals surface area contributed by atoms with Gasteiger partial charge < -0.3 is 4.74 Å². The van der Waals surface area contributed by atoms with Crippen LogP contribution in [0.2, 0.25) is 0 Å². The van der Waals surface area contributed by atoms with E-state index >= 15 is 0 Å². The maximum absolute atomic E-state index is 11.7. The Kier molecular flexibility index (Phi) is 5.74. The lowest BCUT2D eigenvalue weighted by Crippen LogP contribution is -2.44. The smallest absolute Gasteiger partial charge is 0.267 e. The third-order valence-corrected chi connectivity index (χ3v) is 3.44. The second-order valence-corrected chi connectivity index (χ2v) is 5.11. The molecule has 1 N–H and O–H groups in total. The summed E-state index contributed by atoms with van der Waals surface area (Å²) in [4.78, 5) is 22.8. The molecule has 4 heteroatoms. The van der Waals surface area contributed by atoms with Crippen molar-refractivity contribution in [3.05, 3.63) is 35.1 Å². The Bertz CT molecular complexity index is 486. The Labute approximate surface area is 120 Å². The molecule has 0 aromatic rings. The summed E-state index contributed by atoms with van der Waals surface area (Å²) in [5.74, 6) is 0.169. The first-order chi connectivity index (χ1) is 9.35. The minimum atomic E-state index is -0.572. The molecule has 1 unspecified atom stereocenters. The van der Waals surface area contributed by atoms with Gasteiger partial charge in [0.25, 0.3) is 5.91 Å². The van der Waals surface area contributed by atoms with Gasteiger partial charge >= 0.3 is 0 Å². The molecule has 0 spiro atoms. The number of hydrogen-bond donors (Lipinski definition) is 1. The lowest BCUT2D eigenvalue weighted by atomic mass is 10.0. The molecule has 110 valence electrons. The molecule has 2 amide bonds. The fourth-order valence-electron chi connectivity index (χ4n) is 1.87. The molecule has 4 nitrogen and oxygen atoms in total. The van der Waals surface area contributed by atoms with Crippen LogP contribution in [0.5, 0.6) is 0 Å².